The quantitative estimate of drug-likeness (QED) is 0.437. The van der Waals surface area contributed by atoms with Crippen LogP contribution in [0, 0.1) is 19.8 Å². The first-order valence-corrected chi connectivity index (χ1v) is 12.1. The fraction of sp³-hybridized carbons (Fsp3) is 0.259. The molecule has 35 heavy (non-hydrogen) atoms. The number of ether oxygens (including phenoxy) is 2. The van der Waals surface area contributed by atoms with Crippen LogP contribution < -0.4 is 25.0 Å². The van der Waals surface area contributed by atoms with Crippen molar-refractivity contribution in [2.75, 3.05) is 17.3 Å². The Bertz CT molecular complexity index is 1350. The topological polar surface area (TPSA) is 62.8 Å². The molecule has 2 bridgehead atoms. The largest absolute Gasteiger partial charge is 0.497 e. The Balaban J connectivity index is 1.64. The molecule has 0 unspecified atom stereocenters. The number of fused-ring (bicyclic) bond motifs is 4. The molecule has 5 rings (SSSR count). The number of aryl methyl sites for hydroxylation is 2. The fourth-order valence-electron chi connectivity index (χ4n) is 5.06. The van der Waals surface area contributed by atoms with Gasteiger partial charge in [-0.3, -0.25) is 9.69 Å². The number of benzene rings is 3. The maximum atomic E-state index is 14.0. The molecule has 0 saturated carbocycles. The SMILES string of the molecule is COc1ccc2c(c1)[C@@H]1NC(=S)N(c3cccc(Cl)c3)[C@@](C)(O2)[C@@H]1C(=O)Nc1ccc(C)cc1C. The number of anilines is 2. The van der Waals surface area contributed by atoms with Gasteiger partial charge in [0.05, 0.1) is 13.2 Å². The Labute approximate surface area is 215 Å². The van der Waals surface area contributed by atoms with Crippen molar-refractivity contribution in [3.8, 4) is 11.5 Å². The summed E-state index contributed by atoms with van der Waals surface area (Å²) < 4.78 is 12.1. The van der Waals surface area contributed by atoms with Crippen molar-refractivity contribution in [2.24, 2.45) is 5.92 Å². The van der Waals surface area contributed by atoms with Crippen LogP contribution in [0.3, 0.4) is 0 Å². The Morgan fingerprint density at radius 1 is 1.17 bits per heavy atom. The third-order valence-corrected chi connectivity index (χ3v) is 7.23. The van der Waals surface area contributed by atoms with Crippen molar-refractivity contribution in [1.82, 2.24) is 5.32 Å². The molecule has 2 heterocycles. The lowest BCUT2D eigenvalue weighted by Crippen LogP contribution is -2.72. The summed E-state index contributed by atoms with van der Waals surface area (Å²) in [6.07, 6.45) is 0. The first-order valence-electron chi connectivity index (χ1n) is 11.3. The highest BCUT2D eigenvalue weighted by atomic mass is 35.5. The number of halogens is 1. The minimum atomic E-state index is -1.12. The molecule has 2 aliphatic rings. The monoisotopic (exact) mass is 507 g/mol. The zero-order valence-electron chi connectivity index (χ0n) is 19.9. The van der Waals surface area contributed by atoms with E-state index in [4.69, 9.17) is 33.3 Å². The molecule has 1 amide bonds. The lowest BCUT2D eigenvalue weighted by molar-refractivity contribution is -0.130. The molecule has 2 N–H and O–H groups in total. The van der Waals surface area contributed by atoms with Crippen LogP contribution in [0.15, 0.2) is 60.7 Å². The molecule has 1 saturated heterocycles. The molecular weight excluding hydrogens is 482 g/mol. The maximum Gasteiger partial charge on any atom is 0.236 e. The van der Waals surface area contributed by atoms with E-state index >= 15 is 0 Å². The number of carbonyl (C=O) groups excluding carboxylic acids is 1. The van der Waals surface area contributed by atoms with Gasteiger partial charge in [-0.25, -0.2) is 0 Å². The standard InChI is InChI=1S/C27H26ClN3O3S/c1-15-8-10-21(16(2)12-15)29-25(32)23-24-20-14-19(33-4)9-11-22(20)34-27(23,3)31(26(35)30-24)18-7-5-6-17(28)13-18/h5-14,23-24H,1-4H3,(H,29,32)(H,30,35)/t23-,24-,27-/m0/s1. The number of rotatable bonds is 4. The Morgan fingerprint density at radius 2 is 1.97 bits per heavy atom. The minimum absolute atomic E-state index is 0.181. The van der Waals surface area contributed by atoms with Crippen molar-refractivity contribution in [3.05, 3.63) is 82.4 Å². The van der Waals surface area contributed by atoms with Crippen LogP contribution in [-0.4, -0.2) is 23.9 Å². The van der Waals surface area contributed by atoms with Crippen molar-refractivity contribution in [1.29, 1.82) is 0 Å². The van der Waals surface area contributed by atoms with Crippen molar-refractivity contribution >= 4 is 46.2 Å². The van der Waals surface area contributed by atoms with Crippen LogP contribution in [0.4, 0.5) is 11.4 Å². The van der Waals surface area contributed by atoms with Gasteiger partial charge in [-0.2, -0.15) is 0 Å². The summed E-state index contributed by atoms with van der Waals surface area (Å²) in [5, 5.41) is 7.55. The summed E-state index contributed by atoms with van der Waals surface area (Å²) >= 11 is 12.1. The van der Waals surface area contributed by atoms with Crippen LogP contribution in [0.1, 0.15) is 29.7 Å². The first kappa shape index (κ1) is 23.5. The Hall–Kier alpha value is -3.29. The van der Waals surface area contributed by atoms with E-state index in [1.165, 1.54) is 0 Å². The average Bonchev–Trinajstić information content (AvgIpc) is 2.80. The number of carbonyl (C=O) groups is 1. The molecule has 3 aromatic rings. The van der Waals surface area contributed by atoms with E-state index in [0.29, 0.717) is 21.6 Å². The molecule has 1 fully saturated rings. The van der Waals surface area contributed by atoms with Gasteiger partial charge < -0.3 is 20.1 Å². The van der Waals surface area contributed by atoms with Crippen LogP contribution >= 0.6 is 23.8 Å². The lowest BCUT2D eigenvalue weighted by atomic mass is 9.78. The minimum Gasteiger partial charge on any atom is -0.497 e. The van der Waals surface area contributed by atoms with E-state index in [1.54, 1.807) is 13.2 Å². The zero-order chi connectivity index (χ0) is 24.9. The first-order chi connectivity index (χ1) is 16.7. The Kier molecular flexibility index (Phi) is 5.85. The van der Waals surface area contributed by atoms with Crippen molar-refractivity contribution in [3.63, 3.8) is 0 Å². The zero-order valence-corrected chi connectivity index (χ0v) is 21.5. The third kappa shape index (κ3) is 3.98. The average molecular weight is 508 g/mol. The summed E-state index contributed by atoms with van der Waals surface area (Å²) in [6.45, 7) is 5.90. The smallest absolute Gasteiger partial charge is 0.236 e. The van der Waals surface area contributed by atoms with E-state index in [9.17, 15) is 4.79 Å². The molecule has 0 aromatic heterocycles. The molecule has 0 spiro atoms. The summed E-state index contributed by atoms with van der Waals surface area (Å²) in [6, 6.07) is 18.5. The third-order valence-electron chi connectivity index (χ3n) is 6.69. The number of hydrogen-bond donors (Lipinski definition) is 2. The highest BCUT2D eigenvalue weighted by Gasteiger charge is 2.59. The molecule has 2 aliphatic heterocycles. The predicted octanol–water partition coefficient (Wildman–Crippen LogP) is 5.76. The molecule has 0 aliphatic carbocycles. The molecule has 3 aromatic carbocycles. The van der Waals surface area contributed by atoms with Gasteiger partial charge in [0.15, 0.2) is 10.8 Å². The Morgan fingerprint density at radius 3 is 2.69 bits per heavy atom. The summed E-state index contributed by atoms with van der Waals surface area (Å²) in [5.74, 6) is 0.499. The molecular formula is C27H26ClN3O3S. The second-order valence-electron chi connectivity index (χ2n) is 9.09. The van der Waals surface area contributed by atoms with Gasteiger partial charge in [0.1, 0.15) is 17.4 Å². The summed E-state index contributed by atoms with van der Waals surface area (Å²) in [7, 11) is 1.61. The number of nitrogens with zero attached hydrogens (tertiary/aromatic N) is 1. The summed E-state index contributed by atoms with van der Waals surface area (Å²) in [4.78, 5) is 15.8. The number of thiocarbonyl (C=S) groups is 1. The van der Waals surface area contributed by atoms with Crippen molar-refractivity contribution < 1.29 is 14.3 Å². The second-order valence-corrected chi connectivity index (χ2v) is 9.91. The second kappa shape index (κ2) is 8.73. The van der Waals surface area contributed by atoms with Gasteiger partial charge >= 0.3 is 0 Å². The molecule has 0 radical (unpaired) electrons. The van der Waals surface area contributed by atoms with Crippen LogP contribution in [-0.2, 0) is 4.79 Å². The summed E-state index contributed by atoms with van der Waals surface area (Å²) in [5.41, 5.74) is 3.30. The lowest BCUT2D eigenvalue weighted by Gasteiger charge is -2.56. The van der Waals surface area contributed by atoms with Gasteiger partial charge in [-0.1, -0.05) is 35.4 Å². The fourth-order valence-corrected chi connectivity index (χ4v) is 5.66. The molecule has 180 valence electrons. The number of hydrogen-bond acceptors (Lipinski definition) is 4. The highest BCUT2D eigenvalue weighted by molar-refractivity contribution is 7.80. The number of methoxy groups -OCH3 is 1. The van der Waals surface area contributed by atoms with E-state index in [2.05, 4.69) is 10.6 Å². The molecule has 8 heteroatoms. The van der Waals surface area contributed by atoms with Gasteiger partial charge in [-0.15, -0.1) is 0 Å². The van der Waals surface area contributed by atoms with E-state index < -0.39 is 17.7 Å². The number of amides is 1. The molecule has 6 nitrogen and oxygen atoms in total. The number of nitrogens with one attached hydrogen (secondary N) is 2. The van der Waals surface area contributed by atoms with E-state index in [0.717, 1.165) is 28.1 Å². The normalized spacial score (nSPS) is 22.5. The van der Waals surface area contributed by atoms with E-state index in [1.807, 2.05) is 80.3 Å². The van der Waals surface area contributed by atoms with Crippen LogP contribution in [0.25, 0.3) is 0 Å². The van der Waals surface area contributed by atoms with Crippen LogP contribution in [0.5, 0.6) is 11.5 Å². The maximum absolute atomic E-state index is 14.0. The van der Waals surface area contributed by atoms with Crippen molar-refractivity contribution in [2.45, 2.75) is 32.5 Å². The van der Waals surface area contributed by atoms with Gasteiger partial charge in [0.2, 0.25) is 5.91 Å². The van der Waals surface area contributed by atoms with E-state index in [-0.39, 0.29) is 5.91 Å². The van der Waals surface area contributed by atoms with Crippen LogP contribution in [0.2, 0.25) is 5.02 Å². The predicted molar refractivity (Wildman–Crippen MR) is 142 cm³/mol. The van der Waals surface area contributed by atoms with Gasteiger partial charge in [-0.05, 0) is 81.0 Å². The highest BCUT2D eigenvalue weighted by Crippen LogP contribution is 2.50. The molecule has 3 atom stereocenters. The van der Waals surface area contributed by atoms with Gasteiger partial charge in [0, 0.05) is 22.0 Å². The van der Waals surface area contributed by atoms with Gasteiger partial charge in [0.25, 0.3) is 0 Å².